The molecule has 1 aliphatic carbocycles. The average Bonchev–Trinajstić information content (AvgIpc) is 3.32. The van der Waals surface area contributed by atoms with E-state index in [0.29, 0.717) is 49.1 Å². The molecule has 9 heteroatoms. The van der Waals surface area contributed by atoms with Crippen LogP contribution in [0.2, 0.25) is 5.02 Å². The number of halogens is 1. The highest BCUT2D eigenvalue weighted by molar-refractivity contribution is 6.30. The second kappa shape index (κ2) is 11.9. The molecule has 0 saturated carbocycles. The summed E-state index contributed by atoms with van der Waals surface area (Å²) in [5, 5.41) is 3.63. The number of anilines is 2. The number of allylic oxidation sites excluding steroid dienone is 6. The fourth-order valence-electron chi connectivity index (χ4n) is 5.27. The summed E-state index contributed by atoms with van der Waals surface area (Å²) in [6.07, 6.45) is 11.6. The largest absolute Gasteiger partial charge is 0.400 e. The van der Waals surface area contributed by atoms with Crippen LogP contribution in [0, 0.1) is 6.92 Å². The van der Waals surface area contributed by atoms with Crippen molar-refractivity contribution in [3.05, 3.63) is 119 Å². The van der Waals surface area contributed by atoms with Crippen LogP contribution in [-0.2, 0) is 6.54 Å². The zero-order valence-corrected chi connectivity index (χ0v) is 23.3. The highest BCUT2D eigenvalue weighted by atomic mass is 35.5. The van der Waals surface area contributed by atoms with Gasteiger partial charge in [0.05, 0.1) is 6.04 Å². The Hall–Kier alpha value is -4.27. The van der Waals surface area contributed by atoms with Crippen LogP contribution in [0.5, 0.6) is 0 Å². The molecular formula is C31H34ClN7O. The van der Waals surface area contributed by atoms with Crippen LogP contribution in [0.15, 0.2) is 97.0 Å². The van der Waals surface area contributed by atoms with Crippen molar-refractivity contribution >= 4 is 34.6 Å². The maximum Gasteiger partial charge on any atom is 0.321 e. The number of aromatic nitrogens is 2. The molecular weight excluding hydrogens is 522 g/mol. The Balaban J connectivity index is 1.44. The van der Waals surface area contributed by atoms with Crippen molar-refractivity contribution < 1.29 is 4.79 Å². The number of urea groups is 1. The Bertz CT molecular complexity index is 1490. The second-order valence-corrected chi connectivity index (χ2v) is 10.4. The number of nitrogens with zero attached hydrogens (tertiary/aromatic N) is 4. The van der Waals surface area contributed by atoms with E-state index in [2.05, 4.69) is 38.5 Å². The zero-order valence-electron chi connectivity index (χ0n) is 22.6. The fraction of sp³-hybridized carbons (Fsp3) is 0.226. The Labute approximate surface area is 239 Å². The average molecular weight is 556 g/mol. The molecule has 8 nitrogen and oxygen atoms in total. The summed E-state index contributed by atoms with van der Waals surface area (Å²) < 4.78 is 2.11. The van der Waals surface area contributed by atoms with Crippen LogP contribution in [0.4, 0.5) is 16.2 Å². The number of hydrogen-bond acceptors (Lipinski definition) is 5. The number of carbonyl (C=O) groups excluding carboxylic acids is 1. The van der Waals surface area contributed by atoms with E-state index in [1.54, 1.807) is 36.5 Å². The van der Waals surface area contributed by atoms with Gasteiger partial charge < -0.3 is 26.3 Å². The van der Waals surface area contributed by atoms with Crippen LogP contribution in [0.1, 0.15) is 23.0 Å². The molecule has 1 atom stereocenters. The van der Waals surface area contributed by atoms with E-state index >= 15 is 0 Å². The molecule has 1 aromatic heterocycles. The molecule has 2 aromatic carbocycles. The fourth-order valence-corrected chi connectivity index (χ4v) is 5.44. The molecule has 2 amide bonds. The summed E-state index contributed by atoms with van der Waals surface area (Å²) in [5.41, 5.74) is 19.0. The summed E-state index contributed by atoms with van der Waals surface area (Å²) in [5.74, 6) is 0.929. The molecule has 0 spiro atoms. The number of hydrogen-bond donors (Lipinski definition) is 3. The van der Waals surface area contributed by atoms with Crippen molar-refractivity contribution in [3.8, 4) is 0 Å². The molecule has 206 valence electrons. The number of fused-ring (bicyclic) bond motifs is 1. The first-order valence-electron chi connectivity index (χ1n) is 13.3. The molecule has 3 aromatic rings. The Morgan fingerprint density at radius 3 is 2.58 bits per heavy atom. The van der Waals surface area contributed by atoms with Crippen LogP contribution in [-0.4, -0.2) is 51.6 Å². The number of piperazine rings is 1. The third kappa shape index (κ3) is 5.83. The molecule has 1 aliphatic heterocycles. The number of nitrogens with one attached hydrogen (secondary N) is 1. The number of nitrogens with two attached hydrogens (primary N) is 2. The molecule has 1 saturated heterocycles. The van der Waals surface area contributed by atoms with E-state index in [1.807, 2.05) is 42.3 Å². The maximum atomic E-state index is 13.0. The number of imidazole rings is 1. The van der Waals surface area contributed by atoms with Gasteiger partial charge in [0.15, 0.2) is 0 Å². The van der Waals surface area contributed by atoms with Crippen molar-refractivity contribution in [3.63, 3.8) is 0 Å². The number of amides is 2. The van der Waals surface area contributed by atoms with Crippen LogP contribution >= 0.6 is 11.6 Å². The summed E-state index contributed by atoms with van der Waals surface area (Å²) >= 11 is 6.54. The third-order valence-corrected chi connectivity index (χ3v) is 7.65. The van der Waals surface area contributed by atoms with E-state index in [1.165, 1.54) is 0 Å². The van der Waals surface area contributed by atoms with Crippen LogP contribution in [0.3, 0.4) is 0 Å². The predicted molar refractivity (Wildman–Crippen MR) is 163 cm³/mol. The van der Waals surface area contributed by atoms with Gasteiger partial charge in [0, 0.05) is 67.2 Å². The minimum atomic E-state index is -0.184. The number of nitrogen functional groups attached to an aromatic ring is 1. The van der Waals surface area contributed by atoms with Gasteiger partial charge in [-0.2, -0.15) is 0 Å². The highest BCUT2D eigenvalue weighted by Crippen LogP contribution is 2.39. The lowest BCUT2D eigenvalue weighted by molar-refractivity contribution is 0.124. The van der Waals surface area contributed by atoms with Gasteiger partial charge in [-0.1, -0.05) is 42.5 Å². The summed E-state index contributed by atoms with van der Waals surface area (Å²) in [4.78, 5) is 21.5. The maximum absolute atomic E-state index is 13.0. The molecule has 1 fully saturated rings. The number of carbonyl (C=O) groups is 1. The van der Waals surface area contributed by atoms with Crippen molar-refractivity contribution in [2.24, 2.45) is 5.73 Å². The van der Waals surface area contributed by atoms with Crippen LogP contribution < -0.4 is 16.8 Å². The first kappa shape index (κ1) is 27.3. The normalized spacial score (nSPS) is 17.9. The molecule has 2 heterocycles. The van der Waals surface area contributed by atoms with Crippen molar-refractivity contribution in [2.45, 2.75) is 19.5 Å². The van der Waals surface area contributed by atoms with E-state index in [0.717, 1.165) is 33.8 Å². The smallest absolute Gasteiger partial charge is 0.321 e. The van der Waals surface area contributed by atoms with E-state index < -0.39 is 0 Å². The zero-order chi connectivity index (χ0) is 28.2. The highest BCUT2D eigenvalue weighted by Gasteiger charge is 2.33. The first-order chi connectivity index (χ1) is 19.3. The number of benzene rings is 2. The van der Waals surface area contributed by atoms with Crippen molar-refractivity contribution in [2.75, 3.05) is 37.2 Å². The summed E-state index contributed by atoms with van der Waals surface area (Å²) in [6, 6.07) is 12.8. The van der Waals surface area contributed by atoms with Gasteiger partial charge in [0.25, 0.3) is 0 Å². The minimum Gasteiger partial charge on any atom is -0.400 e. The third-order valence-electron chi connectivity index (χ3n) is 7.42. The monoisotopic (exact) mass is 555 g/mol. The lowest BCUT2D eigenvalue weighted by Gasteiger charge is -2.40. The number of aryl methyl sites for hydroxylation is 1. The lowest BCUT2D eigenvalue weighted by Crippen LogP contribution is -2.51. The molecule has 1 unspecified atom stereocenters. The molecule has 0 bridgehead atoms. The van der Waals surface area contributed by atoms with Crippen molar-refractivity contribution in [1.29, 1.82) is 0 Å². The van der Waals surface area contributed by atoms with Gasteiger partial charge in [0.2, 0.25) is 0 Å². The molecule has 2 aliphatic rings. The Morgan fingerprint density at radius 2 is 1.90 bits per heavy atom. The van der Waals surface area contributed by atoms with E-state index in [-0.39, 0.29) is 12.1 Å². The van der Waals surface area contributed by atoms with E-state index in [4.69, 9.17) is 23.1 Å². The van der Waals surface area contributed by atoms with Gasteiger partial charge in [-0.3, -0.25) is 4.90 Å². The molecule has 40 heavy (non-hydrogen) atoms. The minimum absolute atomic E-state index is 0.129. The van der Waals surface area contributed by atoms with Gasteiger partial charge in [-0.25, -0.2) is 9.78 Å². The van der Waals surface area contributed by atoms with Gasteiger partial charge in [-0.15, -0.1) is 0 Å². The van der Waals surface area contributed by atoms with Crippen molar-refractivity contribution in [1.82, 2.24) is 19.4 Å². The predicted octanol–water partition coefficient (Wildman–Crippen LogP) is 5.37. The molecule has 0 radical (unpaired) electrons. The first-order valence-corrected chi connectivity index (χ1v) is 13.6. The molecule has 5 rings (SSSR count). The summed E-state index contributed by atoms with van der Waals surface area (Å²) in [7, 11) is 0. The Morgan fingerprint density at radius 1 is 1.15 bits per heavy atom. The van der Waals surface area contributed by atoms with Gasteiger partial charge in [-0.05, 0) is 71.7 Å². The van der Waals surface area contributed by atoms with Crippen LogP contribution in [0.25, 0.3) is 5.57 Å². The van der Waals surface area contributed by atoms with Gasteiger partial charge >= 0.3 is 6.03 Å². The van der Waals surface area contributed by atoms with E-state index in [9.17, 15) is 4.79 Å². The topological polar surface area (TPSA) is 105 Å². The quantitative estimate of drug-likeness (QED) is 0.280. The second-order valence-electron chi connectivity index (χ2n) is 9.99. The standard InChI is InChI=1S/C31H34ClN7O/c1-3-4-5-22-18-23(20-39-13-12-35-21(39)2)28-19-24(32)6-11-27(28)30(29(22)34)37-14-16-38(17-15-37)31(40)36-26-9-7-25(33)8-10-26/h3-13,18-19,30H,1,14-17,20,33-34H2,2H3,(H,36,40)/b5-4-. The lowest BCUT2D eigenvalue weighted by atomic mass is 9.93. The summed E-state index contributed by atoms with van der Waals surface area (Å²) in [6.45, 7) is 8.93. The molecule has 5 N–H and O–H groups in total. The van der Waals surface area contributed by atoms with Gasteiger partial charge in [0.1, 0.15) is 5.82 Å². The Kier molecular flexibility index (Phi) is 8.09. The number of rotatable bonds is 6. The SMILES string of the molecule is C=C/C=C\C1=C(N)C(N2CCN(C(=O)Nc3ccc(N)cc3)CC2)c2ccc(Cl)cc2C(Cn2ccnc2C)=C1.